The molecule has 1 rings (SSSR count). The second-order valence-corrected chi connectivity index (χ2v) is 3.03. The minimum atomic E-state index is 0.656. The van der Waals surface area contributed by atoms with E-state index in [4.69, 9.17) is 5.73 Å². The number of nitrogens with zero attached hydrogens (tertiary/aromatic N) is 2. The van der Waals surface area contributed by atoms with Crippen molar-refractivity contribution in [2.75, 3.05) is 5.73 Å². The standard InChI is InChI=1S/C9H16N3/c1-3-4-5-6-12-9(10)7-8(2)11-12/h3-6,10H2,1-2H3. The van der Waals surface area contributed by atoms with Crippen molar-refractivity contribution in [3.63, 3.8) is 0 Å². The maximum absolute atomic E-state index is 5.67. The van der Waals surface area contributed by atoms with Gasteiger partial charge in [-0.05, 0) is 13.3 Å². The first-order valence-corrected chi connectivity index (χ1v) is 4.46. The predicted molar refractivity (Wildman–Crippen MR) is 49.7 cm³/mol. The van der Waals surface area contributed by atoms with E-state index in [9.17, 15) is 0 Å². The Bertz CT molecular complexity index is 240. The molecule has 0 saturated carbocycles. The molecule has 0 saturated heterocycles. The number of unbranched alkanes of at least 4 members (excludes halogenated alkanes) is 2. The maximum Gasteiger partial charge on any atom is 0.130 e. The molecular weight excluding hydrogens is 150 g/mol. The topological polar surface area (TPSA) is 43.8 Å². The lowest BCUT2D eigenvalue weighted by Gasteiger charge is -2.01. The number of anilines is 1. The van der Waals surface area contributed by atoms with Crippen molar-refractivity contribution < 1.29 is 0 Å². The molecule has 3 heteroatoms. The number of hydrogen-bond acceptors (Lipinski definition) is 2. The van der Waals surface area contributed by atoms with Crippen molar-refractivity contribution in [3.8, 4) is 0 Å². The summed E-state index contributed by atoms with van der Waals surface area (Å²) in [4.78, 5) is 0. The van der Waals surface area contributed by atoms with Crippen molar-refractivity contribution in [1.29, 1.82) is 0 Å². The van der Waals surface area contributed by atoms with Crippen LogP contribution in [0.25, 0.3) is 0 Å². The monoisotopic (exact) mass is 166 g/mol. The molecule has 0 aliphatic heterocycles. The van der Waals surface area contributed by atoms with E-state index in [-0.39, 0.29) is 0 Å². The molecule has 0 aromatic carbocycles. The van der Waals surface area contributed by atoms with Crippen LogP contribution < -0.4 is 5.73 Å². The van der Waals surface area contributed by atoms with Gasteiger partial charge in [-0.15, -0.1) is 0 Å². The molecule has 3 nitrogen and oxygen atoms in total. The molecule has 0 aliphatic carbocycles. The lowest BCUT2D eigenvalue weighted by molar-refractivity contribution is 0.556. The normalized spacial score (nSPS) is 10.5. The molecule has 0 bridgehead atoms. The van der Waals surface area contributed by atoms with Crippen LogP contribution in [0.15, 0.2) is 0 Å². The molecule has 0 aliphatic rings. The van der Waals surface area contributed by atoms with Gasteiger partial charge in [0.15, 0.2) is 0 Å². The van der Waals surface area contributed by atoms with Gasteiger partial charge in [-0.25, -0.2) is 4.68 Å². The Morgan fingerprint density at radius 2 is 2.25 bits per heavy atom. The summed E-state index contributed by atoms with van der Waals surface area (Å²) in [5, 5.41) is 4.22. The molecule has 1 aromatic rings. The van der Waals surface area contributed by atoms with E-state index in [1.807, 2.05) is 11.6 Å². The Balaban J connectivity index is 2.45. The lowest BCUT2D eigenvalue weighted by Crippen LogP contribution is -2.04. The molecule has 1 radical (unpaired) electrons. The summed E-state index contributed by atoms with van der Waals surface area (Å²) in [6.45, 7) is 5.01. The zero-order valence-electron chi connectivity index (χ0n) is 7.80. The summed E-state index contributed by atoms with van der Waals surface area (Å²) >= 11 is 0. The fraction of sp³-hybridized carbons (Fsp3) is 0.667. The molecule has 0 atom stereocenters. The predicted octanol–water partition coefficient (Wildman–Crippen LogP) is 1.76. The van der Waals surface area contributed by atoms with Gasteiger partial charge in [-0.2, -0.15) is 5.10 Å². The van der Waals surface area contributed by atoms with Crippen molar-refractivity contribution in [3.05, 3.63) is 11.8 Å². The first-order chi connectivity index (χ1) is 5.74. The van der Waals surface area contributed by atoms with Crippen LogP contribution in [0, 0.1) is 13.0 Å². The molecule has 0 fully saturated rings. The average Bonchev–Trinajstić information content (AvgIpc) is 2.31. The summed E-state index contributed by atoms with van der Waals surface area (Å²) in [6.07, 6.45) is 3.61. The highest BCUT2D eigenvalue weighted by Crippen LogP contribution is 2.06. The molecule has 0 amide bonds. The Morgan fingerprint density at radius 1 is 1.50 bits per heavy atom. The van der Waals surface area contributed by atoms with E-state index in [1.54, 1.807) is 0 Å². The number of nitrogens with two attached hydrogens (primary N) is 1. The Morgan fingerprint density at radius 3 is 2.75 bits per heavy atom. The van der Waals surface area contributed by atoms with Gasteiger partial charge in [-0.3, -0.25) is 0 Å². The smallest absolute Gasteiger partial charge is 0.130 e. The highest BCUT2D eigenvalue weighted by Gasteiger charge is 2.00. The van der Waals surface area contributed by atoms with E-state index >= 15 is 0 Å². The third-order valence-corrected chi connectivity index (χ3v) is 1.83. The molecule has 1 aromatic heterocycles. The molecule has 0 spiro atoms. The fourth-order valence-corrected chi connectivity index (χ4v) is 1.19. The third kappa shape index (κ3) is 2.26. The zero-order valence-corrected chi connectivity index (χ0v) is 7.80. The van der Waals surface area contributed by atoms with Crippen molar-refractivity contribution >= 4 is 5.82 Å². The number of aryl methyl sites for hydroxylation is 2. The van der Waals surface area contributed by atoms with E-state index in [0.717, 1.165) is 18.7 Å². The van der Waals surface area contributed by atoms with Gasteiger partial charge in [0.05, 0.1) is 11.8 Å². The summed E-state index contributed by atoms with van der Waals surface area (Å²) in [5.41, 5.74) is 6.55. The molecule has 0 unspecified atom stereocenters. The Labute approximate surface area is 73.6 Å². The SMILES string of the molecule is CCCCCn1nc(C)[c]c1N. The van der Waals surface area contributed by atoms with E-state index in [0.29, 0.717) is 5.82 Å². The van der Waals surface area contributed by atoms with Crippen molar-refractivity contribution in [1.82, 2.24) is 9.78 Å². The summed E-state index contributed by atoms with van der Waals surface area (Å²) in [5.74, 6) is 0.656. The zero-order chi connectivity index (χ0) is 8.97. The third-order valence-electron chi connectivity index (χ3n) is 1.83. The maximum atomic E-state index is 5.67. The van der Waals surface area contributed by atoms with Crippen LogP contribution in [0.2, 0.25) is 0 Å². The minimum absolute atomic E-state index is 0.656. The average molecular weight is 166 g/mol. The molecular formula is C9H16N3. The van der Waals surface area contributed by atoms with Gasteiger partial charge in [0.1, 0.15) is 5.82 Å². The fourth-order valence-electron chi connectivity index (χ4n) is 1.19. The second-order valence-electron chi connectivity index (χ2n) is 3.03. The highest BCUT2D eigenvalue weighted by molar-refractivity contribution is 5.27. The first kappa shape index (κ1) is 9.10. The number of hydrogen-bond donors (Lipinski definition) is 1. The van der Waals surface area contributed by atoms with Crippen molar-refractivity contribution in [2.24, 2.45) is 0 Å². The van der Waals surface area contributed by atoms with Crippen LogP contribution in [0.3, 0.4) is 0 Å². The Hall–Kier alpha value is -0.990. The van der Waals surface area contributed by atoms with Crippen LogP contribution in [0.5, 0.6) is 0 Å². The molecule has 67 valence electrons. The van der Waals surface area contributed by atoms with Crippen LogP contribution in [-0.4, -0.2) is 9.78 Å². The van der Waals surface area contributed by atoms with E-state index in [2.05, 4.69) is 18.1 Å². The van der Waals surface area contributed by atoms with E-state index in [1.165, 1.54) is 12.8 Å². The minimum Gasteiger partial charge on any atom is -0.383 e. The van der Waals surface area contributed by atoms with Crippen LogP contribution in [0.1, 0.15) is 31.9 Å². The molecule has 2 N–H and O–H groups in total. The number of aromatic nitrogens is 2. The van der Waals surface area contributed by atoms with Gasteiger partial charge in [0, 0.05) is 6.54 Å². The van der Waals surface area contributed by atoms with Gasteiger partial charge >= 0.3 is 0 Å². The summed E-state index contributed by atoms with van der Waals surface area (Å²) in [6, 6.07) is 2.96. The van der Waals surface area contributed by atoms with Gasteiger partial charge < -0.3 is 5.73 Å². The highest BCUT2D eigenvalue weighted by atomic mass is 15.3. The summed E-state index contributed by atoms with van der Waals surface area (Å²) < 4.78 is 1.82. The van der Waals surface area contributed by atoms with Gasteiger partial charge in [-0.1, -0.05) is 19.8 Å². The molecule has 12 heavy (non-hydrogen) atoms. The van der Waals surface area contributed by atoms with E-state index < -0.39 is 0 Å². The Kier molecular flexibility index (Phi) is 3.14. The first-order valence-electron chi connectivity index (χ1n) is 4.46. The molecule has 1 heterocycles. The number of nitrogen functional groups attached to an aromatic ring is 1. The van der Waals surface area contributed by atoms with Crippen LogP contribution >= 0.6 is 0 Å². The van der Waals surface area contributed by atoms with Gasteiger partial charge in [0.2, 0.25) is 0 Å². The summed E-state index contributed by atoms with van der Waals surface area (Å²) in [7, 11) is 0. The van der Waals surface area contributed by atoms with Crippen LogP contribution in [-0.2, 0) is 6.54 Å². The van der Waals surface area contributed by atoms with Crippen LogP contribution in [0.4, 0.5) is 5.82 Å². The largest absolute Gasteiger partial charge is 0.383 e. The second kappa shape index (κ2) is 4.14. The van der Waals surface area contributed by atoms with Gasteiger partial charge in [0.25, 0.3) is 0 Å². The van der Waals surface area contributed by atoms with Crippen molar-refractivity contribution in [2.45, 2.75) is 39.7 Å². The number of rotatable bonds is 4. The quantitative estimate of drug-likeness (QED) is 0.693. The lowest BCUT2D eigenvalue weighted by atomic mass is 10.2.